The highest BCUT2D eigenvalue weighted by Gasteiger charge is 2.34. The Bertz CT molecular complexity index is 622. The Labute approximate surface area is 132 Å². The second-order valence-corrected chi connectivity index (χ2v) is 6.41. The van der Waals surface area contributed by atoms with Crippen molar-refractivity contribution in [2.24, 2.45) is 5.92 Å². The van der Waals surface area contributed by atoms with E-state index in [4.69, 9.17) is 4.42 Å². The zero-order valence-electron chi connectivity index (χ0n) is 12.2. The highest BCUT2D eigenvalue weighted by molar-refractivity contribution is 7.09. The first-order valence-corrected chi connectivity index (χ1v) is 8.20. The summed E-state index contributed by atoms with van der Waals surface area (Å²) < 4.78 is 5.25. The van der Waals surface area contributed by atoms with E-state index in [1.165, 1.54) is 4.88 Å². The van der Waals surface area contributed by atoms with Crippen LogP contribution >= 0.6 is 11.3 Å². The van der Waals surface area contributed by atoms with Gasteiger partial charge in [-0.15, -0.1) is 11.3 Å². The van der Waals surface area contributed by atoms with Crippen LogP contribution < -0.4 is 5.32 Å². The Hall–Kier alpha value is -2.08. The normalized spacial score (nSPS) is 17.9. The zero-order valence-corrected chi connectivity index (χ0v) is 13.0. The molecule has 116 valence electrons. The lowest BCUT2D eigenvalue weighted by Crippen LogP contribution is -2.33. The first kappa shape index (κ1) is 14.8. The molecule has 1 aliphatic rings. The number of nitrogens with zero attached hydrogens (tertiary/aromatic N) is 1. The van der Waals surface area contributed by atoms with E-state index in [0.29, 0.717) is 19.6 Å². The smallest absolute Gasteiger partial charge is 0.225 e. The lowest BCUT2D eigenvalue weighted by Gasteiger charge is -2.15. The molecule has 1 aliphatic heterocycles. The summed E-state index contributed by atoms with van der Waals surface area (Å²) in [4.78, 5) is 27.1. The van der Waals surface area contributed by atoms with Gasteiger partial charge >= 0.3 is 0 Å². The molecule has 2 aromatic heterocycles. The number of carbonyl (C=O) groups is 2. The number of nitrogens with one attached hydrogen (secondary N) is 1. The molecule has 0 unspecified atom stereocenters. The highest BCUT2D eigenvalue weighted by Crippen LogP contribution is 2.20. The SMILES string of the molecule is O=C(NCCc1cccs1)[C@@H]1CC(=O)N(Cc2ccco2)C1. The zero-order chi connectivity index (χ0) is 15.4. The molecule has 0 aromatic carbocycles. The maximum absolute atomic E-state index is 12.2. The van der Waals surface area contributed by atoms with Gasteiger partial charge in [-0.25, -0.2) is 0 Å². The summed E-state index contributed by atoms with van der Waals surface area (Å²) in [5.74, 6) is 0.458. The standard InChI is InChI=1S/C16H18N2O3S/c19-15-9-12(10-18(15)11-13-3-1-7-21-13)16(20)17-6-5-14-4-2-8-22-14/h1-4,7-8,12H,5-6,9-11H2,(H,17,20)/t12-/m1/s1. The van der Waals surface area contributed by atoms with Crippen molar-refractivity contribution in [3.8, 4) is 0 Å². The molecule has 0 spiro atoms. The Morgan fingerprint density at radius 1 is 1.41 bits per heavy atom. The molecule has 5 nitrogen and oxygen atoms in total. The molecule has 22 heavy (non-hydrogen) atoms. The molecule has 1 atom stereocenters. The van der Waals surface area contributed by atoms with Gasteiger partial charge in [-0.05, 0) is 30.0 Å². The molecule has 1 N–H and O–H groups in total. The van der Waals surface area contributed by atoms with E-state index in [2.05, 4.69) is 11.4 Å². The predicted octanol–water partition coefficient (Wildman–Crippen LogP) is 2.05. The monoisotopic (exact) mass is 318 g/mol. The minimum atomic E-state index is -0.259. The van der Waals surface area contributed by atoms with Crippen LogP contribution in [0.5, 0.6) is 0 Å². The van der Waals surface area contributed by atoms with Gasteiger partial charge in [-0.3, -0.25) is 9.59 Å². The van der Waals surface area contributed by atoms with Gasteiger partial charge in [0.2, 0.25) is 11.8 Å². The first-order valence-electron chi connectivity index (χ1n) is 7.32. The molecule has 2 amide bonds. The minimum absolute atomic E-state index is 0.00908. The van der Waals surface area contributed by atoms with Gasteiger partial charge in [0.15, 0.2) is 0 Å². The van der Waals surface area contributed by atoms with E-state index in [1.54, 1.807) is 28.6 Å². The number of hydrogen-bond acceptors (Lipinski definition) is 4. The van der Waals surface area contributed by atoms with Gasteiger partial charge in [0.05, 0.1) is 18.7 Å². The third-order valence-electron chi connectivity index (χ3n) is 3.76. The highest BCUT2D eigenvalue weighted by atomic mass is 32.1. The maximum atomic E-state index is 12.2. The molecule has 3 heterocycles. The summed E-state index contributed by atoms with van der Waals surface area (Å²) in [7, 11) is 0. The fraction of sp³-hybridized carbons (Fsp3) is 0.375. The number of carbonyl (C=O) groups excluding carboxylic acids is 2. The van der Waals surface area contributed by atoms with E-state index in [0.717, 1.165) is 12.2 Å². The third kappa shape index (κ3) is 3.57. The molecule has 0 saturated carbocycles. The van der Waals surface area contributed by atoms with E-state index in [1.807, 2.05) is 17.5 Å². The van der Waals surface area contributed by atoms with Crippen molar-refractivity contribution in [3.63, 3.8) is 0 Å². The number of hydrogen-bond donors (Lipinski definition) is 1. The molecule has 1 fully saturated rings. The molecule has 2 aromatic rings. The molecule has 6 heteroatoms. The summed E-state index contributed by atoms with van der Waals surface area (Å²) in [5.41, 5.74) is 0. The molecule has 3 rings (SSSR count). The molecule has 0 radical (unpaired) electrons. The van der Waals surface area contributed by atoms with Gasteiger partial charge in [0.25, 0.3) is 0 Å². The summed E-state index contributed by atoms with van der Waals surface area (Å²) in [6.07, 6.45) is 2.70. The summed E-state index contributed by atoms with van der Waals surface area (Å²) >= 11 is 1.69. The predicted molar refractivity (Wildman–Crippen MR) is 83.3 cm³/mol. The van der Waals surface area contributed by atoms with Crippen LogP contribution in [-0.4, -0.2) is 29.8 Å². The Morgan fingerprint density at radius 3 is 3.05 bits per heavy atom. The van der Waals surface area contributed by atoms with Crippen molar-refractivity contribution in [2.45, 2.75) is 19.4 Å². The van der Waals surface area contributed by atoms with Crippen LogP contribution in [0.3, 0.4) is 0 Å². The number of furan rings is 1. The quantitative estimate of drug-likeness (QED) is 0.886. The van der Waals surface area contributed by atoms with E-state index in [9.17, 15) is 9.59 Å². The lowest BCUT2D eigenvalue weighted by atomic mass is 10.1. The van der Waals surface area contributed by atoms with Crippen molar-refractivity contribution < 1.29 is 14.0 Å². The van der Waals surface area contributed by atoms with Crippen molar-refractivity contribution in [2.75, 3.05) is 13.1 Å². The van der Waals surface area contributed by atoms with Crippen LogP contribution in [0, 0.1) is 5.92 Å². The molecule has 1 saturated heterocycles. The molecule has 0 bridgehead atoms. The largest absolute Gasteiger partial charge is 0.467 e. The molecular formula is C16H18N2O3S. The van der Waals surface area contributed by atoms with E-state index in [-0.39, 0.29) is 24.2 Å². The third-order valence-corrected chi connectivity index (χ3v) is 4.70. The van der Waals surface area contributed by atoms with Gasteiger partial charge in [-0.1, -0.05) is 6.07 Å². The van der Waals surface area contributed by atoms with Crippen LogP contribution in [0.25, 0.3) is 0 Å². The van der Waals surface area contributed by atoms with Crippen LogP contribution in [-0.2, 0) is 22.6 Å². The Morgan fingerprint density at radius 2 is 2.32 bits per heavy atom. The first-order chi connectivity index (χ1) is 10.7. The fourth-order valence-corrected chi connectivity index (χ4v) is 3.31. The van der Waals surface area contributed by atoms with Gasteiger partial charge in [0.1, 0.15) is 5.76 Å². The van der Waals surface area contributed by atoms with E-state index >= 15 is 0 Å². The number of thiophene rings is 1. The number of likely N-dealkylation sites (tertiary alicyclic amines) is 1. The van der Waals surface area contributed by atoms with E-state index < -0.39 is 0 Å². The topological polar surface area (TPSA) is 62.6 Å². The Kier molecular flexibility index (Phi) is 4.58. The van der Waals surface area contributed by atoms with Crippen LogP contribution in [0.15, 0.2) is 40.3 Å². The summed E-state index contributed by atoms with van der Waals surface area (Å²) in [6.45, 7) is 1.51. The minimum Gasteiger partial charge on any atom is -0.467 e. The van der Waals surface area contributed by atoms with Crippen molar-refractivity contribution >= 4 is 23.2 Å². The van der Waals surface area contributed by atoms with Gasteiger partial charge < -0.3 is 14.6 Å². The average molecular weight is 318 g/mol. The summed E-state index contributed by atoms with van der Waals surface area (Å²) in [6, 6.07) is 7.69. The van der Waals surface area contributed by atoms with Crippen LogP contribution in [0.1, 0.15) is 17.1 Å². The number of rotatable bonds is 6. The second kappa shape index (κ2) is 6.79. The van der Waals surface area contributed by atoms with Gasteiger partial charge in [-0.2, -0.15) is 0 Å². The van der Waals surface area contributed by atoms with Crippen molar-refractivity contribution in [1.82, 2.24) is 10.2 Å². The molecule has 0 aliphatic carbocycles. The average Bonchev–Trinajstić information content (AvgIpc) is 3.23. The maximum Gasteiger partial charge on any atom is 0.225 e. The van der Waals surface area contributed by atoms with Crippen LogP contribution in [0.2, 0.25) is 0 Å². The Balaban J connectivity index is 1.46. The second-order valence-electron chi connectivity index (χ2n) is 5.38. The van der Waals surface area contributed by atoms with Gasteiger partial charge in [0, 0.05) is 24.4 Å². The molecular weight excluding hydrogens is 300 g/mol. The number of amides is 2. The van der Waals surface area contributed by atoms with Crippen LogP contribution in [0.4, 0.5) is 0 Å². The summed E-state index contributed by atoms with van der Waals surface area (Å²) in [5, 5.41) is 4.96. The van der Waals surface area contributed by atoms with Crippen molar-refractivity contribution in [1.29, 1.82) is 0 Å². The van der Waals surface area contributed by atoms with Crippen molar-refractivity contribution in [3.05, 3.63) is 46.5 Å². The lowest BCUT2D eigenvalue weighted by molar-refractivity contribution is -0.129. The fourth-order valence-electron chi connectivity index (χ4n) is 2.60.